The average molecular weight is 243 g/mol. The normalized spacial score (nSPS) is 18.6. The van der Waals surface area contributed by atoms with E-state index in [2.05, 4.69) is 69.0 Å². The molecule has 0 radical (unpaired) electrons. The van der Waals surface area contributed by atoms with Crippen molar-refractivity contribution in [3.63, 3.8) is 0 Å². The molecule has 1 heteroatoms. The SMILES string of the molecule is CC(C)CC1C=Cc2ccccc2N1CC(C)C. The van der Waals surface area contributed by atoms with Crippen LogP contribution in [0.25, 0.3) is 6.08 Å². The molecule has 2 rings (SSSR count). The summed E-state index contributed by atoms with van der Waals surface area (Å²) in [4.78, 5) is 2.58. The van der Waals surface area contributed by atoms with E-state index in [4.69, 9.17) is 0 Å². The van der Waals surface area contributed by atoms with Gasteiger partial charge in [0, 0.05) is 18.3 Å². The van der Waals surface area contributed by atoms with Gasteiger partial charge in [-0.3, -0.25) is 0 Å². The molecule has 1 heterocycles. The number of anilines is 1. The van der Waals surface area contributed by atoms with Crippen molar-refractivity contribution in [2.24, 2.45) is 11.8 Å². The Morgan fingerprint density at radius 1 is 1.06 bits per heavy atom. The van der Waals surface area contributed by atoms with Crippen LogP contribution in [0, 0.1) is 11.8 Å². The van der Waals surface area contributed by atoms with E-state index in [1.54, 1.807) is 0 Å². The summed E-state index contributed by atoms with van der Waals surface area (Å²) in [7, 11) is 0. The van der Waals surface area contributed by atoms with Gasteiger partial charge in [-0.15, -0.1) is 0 Å². The first-order valence-corrected chi connectivity index (χ1v) is 7.11. The second-order valence-electron chi connectivity index (χ2n) is 6.16. The molecule has 1 aromatic carbocycles. The van der Waals surface area contributed by atoms with Crippen molar-refractivity contribution < 1.29 is 0 Å². The third-order valence-electron chi connectivity index (χ3n) is 3.42. The van der Waals surface area contributed by atoms with Crippen molar-refractivity contribution >= 4 is 11.8 Å². The minimum absolute atomic E-state index is 0.558. The first-order chi connectivity index (χ1) is 8.58. The smallest absolute Gasteiger partial charge is 0.0479 e. The van der Waals surface area contributed by atoms with Crippen molar-refractivity contribution in [3.8, 4) is 0 Å². The highest BCUT2D eigenvalue weighted by atomic mass is 15.2. The molecule has 0 spiro atoms. The fraction of sp³-hybridized carbons (Fsp3) is 0.529. The van der Waals surface area contributed by atoms with Crippen LogP contribution in [0.5, 0.6) is 0 Å². The first kappa shape index (κ1) is 13.2. The lowest BCUT2D eigenvalue weighted by atomic mass is 9.95. The Bertz CT molecular complexity index is 417. The van der Waals surface area contributed by atoms with Crippen LogP contribution in [0.2, 0.25) is 0 Å². The Balaban J connectivity index is 2.29. The molecule has 0 fully saturated rings. The Labute approximate surface area is 112 Å². The number of fused-ring (bicyclic) bond motifs is 1. The molecular formula is C17H25N. The van der Waals surface area contributed by atoms with Gasteiger partial charge >= 0.3 is 0 Å². The lowest BCUT2D eigenvalue weighted by Crippen LogP contribution is -2.39. The molecule has 1 aromatic rings. The van der Waals surface area contributed by atoms with Gasteiger partial charge in [-0.05, 0) is 29.9 Å². The number of para-hydroxylation sites is 1. The predicted molar refractivity (Wildman–Crippen MR) is 80.9 cm³/mol. The molecule has 0 aliphatic carbocycles. The number of benzene rings is 1. The fourth-order valence-electron chi connectivity index (χ4n) is 2.70. The average Bonchev–Trinajstić information content (AvgIpc) is 2.31. The number of hydrogen-bond acceptors (Lipinski definition) is 1. The molecule has 0 aromatic heterocycles. The zero-order valence-electron chi connectivity index (χ0n) is 12.1. The molecule has 0 saturated carbocycles. The van der Waals surface area contributed by atoms with E-state index in [1.807, 2.05) is 0 Å². The van der Waals surface area contributed by atoms with Gasteiger partial charge in [-0.2, -0.15) is 0 Å². The fourth-order valence-corrected chi connectivity index (χ4v) is 2.70. The third-order valence-corrected chi connectivity index (χ3v) is 3.42. The second kappa shape index (κ2) is 5.60. The summed E-state index contributed by atoms with van der Waals surface area (Å²) in [6.07, 6.45) is 5.90. The van der Waals surface area contributed by atoms with Crippen LogP contribution < -0.4 is 4.90 Å². The van der Waals surface area contributed by atoms with E-state index in [9.17, 15) is 0 Å². The molecule has 1 unspecified atom stereocenters. The summed E-state index contributed by atoms with van der Waals surface area (Å²) >= 11 is 0. The highest BCUT2D eigenvalue weighted by Gasteiger charge is 2.23. The summed E-state index contributed by atoms with van der Waals surface area (Å²) in [5.41, 5.74) is 2.76. The number of hydrogen-bond donors (Lipinski definition) is 0. The molecule has 0 bridgehead atoms. The Morgan fingerprint density at radius 2 is 1.78 bits per heavy atom. The largest absolute Gasteiger partial charge is 0.364 e. The van der Waals surface area contributed by atoms with E-state index < -0.39 is 0 Å². The number of rotatable bonds is 4. The second-order valence-corrected chi connectivity index (χ2v) is 6.16. The molecule has 1 atom stereocenters. The Hall–Kier alpha value is -1.24. The van der Waals surface area contributed by atoms with Crippen molar-refractivity contribution in [2.75, 3.05) is 11.4 Å². The summed E-state index contributed by atoms with van der Waals surface area (Å²) in [6, 6.07) is 9.30. The van der Waals surface area contributed by atoms with Crippen molar-refractivity contribution in [2.45, 2.75) is 40.2 Å². The zero-order valence-corrected chi connectivity index (χ0v) is 12.1. The van der Waals surface area contributed by atoms with Crippen molar-refractivity contribution in [3.05, 3.63) is 35.9 Å². The van der Waals surface area contributed by atoms with E-state index >= 15 is 0 Å². The maximum atomic E-state index is 2.58. The van der Waals surface area contributed by atoms with Gasteiger partial charge in [0.2, 0.25) is 0 Å². The summed E-state index contributed by atoms with van der Waals surface area (Å²) < 4.78 is 0. The molecule has 98 valence electrons. The van der Waals surface area contributed by atoms with Crippen LogP contribution in [0.3, 0.4) is 0 Å². The van der Waals surface area contributed by atoms with Gasteiger partial charge in [0.05, 0.1) is 0 Å². The van der Waals surface area contributed by atoms with Gasteiger partial charge in [0.1, 0.15) is 0 Å². The van der Waals surface area contributed by atoms with E-state index in [1.165, 1.54) is 17.7 Å². The Kier molecular flexibility index (Phi) is 4.11. The van der Waals surface area contributed by atoms with Gasteiger partial charge in [0.15, 0.2) is 0 Å². The molecule has 18 heavy (non-hydrogen) atoms. The van der Waals surface area contributed by atoms with E-state index in [0.29, 0.717) is 12.0 Å². The van der Waals surface area contributed by atoms with Gasteiger partial charge < -0.3 is 4.90 Å². The standard InChI is InChI=1S/C17H25N/c1-13(2)11-16-10-9-15-7-5-6-8-17(15)18(16)12-14(3)4/h5-10,13-14,16H,11-12H2,1-4H3. The lowest BCUT2D eigenvalue weighted by molar-refractivity contribution is 0.489. The maximum absolute atomic E-state index is 2.58. The first-order valence-electron chi connectivity index (χ1n) is 7.11. The molecule has 0 amide bonds. The maximum Gasteiger partial charge on any atom is 0.0479 e. The van der Waals surface area contributed by atoms with Gasteiger partial charge in [0.25, 0.3) is 0 Å². The van der Waals surface area contributed by atoms with Gasteiger partial charge in [-0.1, -0.05) is 58.0 Å². The molecule has 0 saturated heterocycles. The van der Waals surface area contributed by atoms with Gasteiger partial charge in [-0.25, -0.2) is 0 Å². The summed E-state index contributed by atoms with van der Waals surface area (Å²) in [6.45, 7) is 10.4. The summed E-state index contributed by atoms with van der Waals surface area (Å²) in [5, 5.41) is 0. The predicted octanol–water partition coefficient (Wildman–Crippen LogP) is 4.59. The lowest BCUT2D eigenvalue weighted by Gasteiger charge is -2.38. The van der Waals surface area contributed by atoms with E-state index in [-0.39, 0.29) is 0 Å². The van der Waals surface area contributed by atoms with E-state index in [0.717, 1.165) is 12.5 Å². The minimum atomic E-state index is 0.558. The topological polar surface area (TPSA) is 3.24 Å². The Morgan fingerprint density at radius 3 is 2.44 bits per heavy atom. The molecule has 1 aliphatic heterocycles. The minimum Gasteiger partial charge on any atom is -0.364 e. The molecule has 1 nitrogen and oxygen atoms in total. The van der Waals surface area contributed by atoms with Crippen molar-refractivity contribution in [1.82, 2.24) is 0 Å². The highest BCUT2D eigenvalue weighted by Crippen LogP contribution is 2.31. The van der Waals surface area contributed by atoms with Crippen LogP contribution >= 0.6 is 0 Å². The van der Waals surface area contributed by atoms with Crippen LogP contribution in [0.15, 0.2) is 30.3 Å². The molecule has 1 aliphatic rings. The van der Waals surface area contributed by atoms with Crippen LogP contribution in [0.1, 0.15) is 39.7 Å². The van der Waals surface area contributed by atoms with Crippen LogP contribution in [0.4, 0.5) is 5.69 Å². The van der Waals surface area contributed by atoms with Crippen molar-refractivity contribution in [1.29, 1.82) is 0 Å². The molecular weight excluding hydrogens is 218 g/mol. The molecule has 0 N–H and O–H groups in total. The van der Waals surface area contributed by atoms with Crippen LogP contribution in [-0.2, 0) is 0 Å². The third kappa shape index (κ3) is 2.95. The zero-order chi connectivity index (χ0) is 13.1. The number of nitrogens with zero attached hydrogens (tertiary/aromatic N) is 1. The quantitative estimate of drug-likeness (QED) is 0.747. The van der Waals surface area contributed by atoms with Crippen LogP contribution in [-0.4, -0.2) is 12.6 Å². The monoisotopic (exact) mass is 243 g/mol. The summed E-state index contributed by atoms with van der Waals surface area (Å²) in [5.74, 6) is 1.43. The highest BCUT2D eigenvalue weighted by molar-refractivity contribution is 5.72.